The van der Waals surface area contributed by atoms with Gasteiger partial charge in [0.25, 0.3) is 0 Å². The number of ether oxygens (including phenoxy) is 1. The van der Waals surface area contributed by atoms with Crippen LogP contribution in [0.1, 0.15) is 51.0 Å². The summed E-state index contributed by atoms with van der Waals surface area (Å²) in [5, 5.41) is 3.93. The number of fused-ring (bicyclic) bond motifs is 3. The molecule has 4 heterocycles. The van der Waals surface area contributed by atoms with E-state index >= 15 is 0 Å². The van der Waals surface area contributed by atoms with Gasteiger partial charge in [0, 0.05) is 35.9 Å². The molecule has 174 valence electrons. The molecule has 6 rings (SSSR count). The minimum absolute atomic E-state index is 0.114. The molecule has 4 aliphatic rings. The first kappa shape index (κ1) is 20.8. The third-order valence-corrected chi connectivity index (χ3v) is 8.00. The van der Waals surface area contributed by atoms with Crippen LogP contribution in [0.25, 0.3) is 0 Å². The molecule has 0 spiro atoms. The monoisotopic (exact) mass is 468 g/mol. The van der Waals surface area contributed by atoms with Gasteiger partial charge in [-0.25, -0.2) is 14.8 Å². The fourth-order valence-corrected chi connectivity index (χ4v) is 5.92. The highest BCUT2D eigenvalue weighted by Gasteiger charge is 2.49. The number of nitrogens with one attached hydrogen (secondary N) is 1. The lowest BCUT2D eigenvalue weighted by Crippen LogP contribution is -2.53. The van der Waals surface area contributed by atoms with Gasteiger partial charge in [-0.15, -0.1) is 0 Å². The Morgan fingerprint density at radius 2 is 1.97 bits per heavy atom. The van der Waals surface area contributed by atoms with Crippen molar-refractivity contribution in [2.75, 3.05) is 22.5 Å². The quantitative estimate of drug-likeness (QED) is 0.637. The van der Waals surface area contributed by atoms with Crippen LogP contribution in [0.5, 0.6) is 0 Å². The number of benzene rings is 1. The molecule has 8 nitrogen and oxygen atoms in total. The number of halogens is 1. The third kappa shape index (κ3) is 3.74. The lowest BCUT2D eigenvalue weighted by molar-refractivity contribution is 0.0325. The van der Waals surface area contributed by atoms with E-state index in [4.69, 9.17) is 22.1 Å². The molecule has 3 fully saturated rings. The van der Waals surface area contributed by atoms with Crippen LogP contribution < -0.4 is 16.0 Å². The smallest absolute Gasteiger partial charge is 0.410 e. The number of nitrogens with zero attached hydrogens (tertiary/aromatic N) is 4. The maximum atomic E-state index is 12.9. The van der Waals surface area contributed by atoms with E-state index in [9.17, 15) is 4.79 Å². The van der Waals surface area contributed by atoms with Gasteiger partial charge in [-0.2, -0.15) is 0 Å². The Morgan fingerprint density at radius 3 is 2.67 bits per heavy atom. The van der Waals surface area contributed by atoms with E-state index in [-0.39, 0.29) is 23.8 Å². The molecule has 2 saturated heterocycles. The van der Waals surface area contributed by atoms with Gasteiger partial charge in [0.05, 0.1) is 10.7 Å². The maximum Gasteiger partial charge on any atom is 0.410 e. The van der Waals surface area contributed by atoms with Crippen LogP contribution in [0.4, 0.5) is 27.8 Å². The summed E-state index contributed by atoms with van der Waals surface area (Å²) in [5.41, 5.74) is 8.11. The number of carbonyl (C=O) groups excluding carboxylic acids is 1. The second-order valence-electron chi connectivity index (χ2n) is 10.1. The highest BCUT2D eigenvalue weighted by molar-refractivity contribution is 6.33. The molecular weight excluding hydrogens is 440 g/mol. The molecule has 9 heteroatoms. The SMILES string of the molecule is CC1(OC(=O)N2[C@H]3CC[C@H]2CC(N2CCc4c(Nc5ccc(N)cc5Cl)ncnc42)C3)CC1. The summed E-state index contributed by atoms with van der Waals surface area (Å²) < 4.78 is 5.80. The Balaban J connectivity index is 1.19. The summed E-state index contributed by atoms with van der Waals surface area (Å²) in [7, 11) is 0. The number of rotatable bonds is 4. The molecule has 2 aromatic rings. The molecule has 2 bridgehead atoms. The fraction of sp³-hybridized carbons (Fsp3) is 0.542. The first-order valence-electron chi connectivity index (χ1n) is 11.8. The summed E-state index contributed by atoms with van der Waals surface area (Å²) in [4.78, 5) is 26.5. The van der Waals surface area contributed by atoms with Crippen molar-refractivity contribution >= 4 is 40.7 Å². The minimum atomic E-state index is -0.227. The number of hydrogen-bond donors (Lipinski definition) is 2. The summed E-state index contributed by atoms with van der Waals surface area (Å²) in [6.45, 7) is 2.94. The number of aromatic nitrogens is 2. The van der Waals surface area contributed by atoms with E-state index in [0.717, 1.165) is 74.4 Å². The number of anilines is 4. The zero-order valence-corrected chi connectivity index (χ0v) is 19.5. The molecule has 1 aromatic heterocycles. The number of amides is 1. The van der Waals surface area contributed by atoms with Crippen molar-refractivity contribution in [3.05, 3.63) is 35.1 Å². The van der Waals surface area contributed by atoms with Crippen molar-refractivity contribution in [2.45, 2.75) is 75.6 Å². The summed E-state index contributed by atoms with van der Waals surface area (Å²) in [5.74, 6) is 1.78. The molecule has 3 aliphatic heterocycles. The third-order valence-electron chi connectivity index (χ3n) is 7.69. The van der Waals surface area contributed by atoms with Crippen LogP contribution >= 0.6 is 11.6 Å². The highest BCUT2D eigenvalue weighted by atomic mass is 35.5. The lowest BCUT2D eigenvalue weighted by Gasteiger charge is -2.42. The molecule has 1 saturated carbocycles. The molecule has 0 unspecified atom stereocenters. The predicted molar refractivity (Wildman–Crippen MR) is 128 cm³/mol. The average molecular weight is 469 g/mol. The van der Waals surface area contributed by atoms with Gasteiger partial charge in [-0.1, -0.05) is 11.6 Å². The number of carbonyl (C=O) groups is 1. The van der Waals surface area contributed by atoms with Crippen molar-refractivity contribution in [3.63, 3.8) is 0 Å². The first-order chi connectivity index (χ1) is 15.9. The van der Waals surface area contributed by atoms with Gasteiger partial charge < -0.3 is 25.6 Å². The normalized spacial score (nSPS) is 26.8. The second-order valence-corrected chi connectivity index (χ2v) is 10.5. The minimum Gasteiger partial charge on any atom is -0.443 e. The predicted octanol–water partition coefficient (Wildman–Crippen LogP) is 4.50. The van der Waals surface area contributed by atoms with Gasteiger partial charge in [0.2, 0.25) is 0 Å². The number of nitrogens with two attached hydrogens (primary N) is 1. The first-order valence-corrected chi connectivity index (χ1v) is 12.2. The van der Waals surface area contributed by atoms with Gasteiger partial charge in [0.15, 0.2) is 0 Å². The summed E-state index contributed by atoms with van der Waals surface area (Å²) in [6.07, 6.45) is 8.36. The summed E-state index contributed by atoms with van der Waals surface area (Å²) >= 11 is 6.36. The molecule has 1 amide bonds. The van der Waals surface area contributed by atoms with Crippen LogP contribution in [-0.4, -0.2) is 51.2 Å². The molecule has 33 heavy (non-hydrogen) atoms. The molecule has 1 aromatic carbocycles. The van der Waals surface area contributed by atoms with Crippen LogP contribution in [0.3, 0.4) is 0 Å². The van der Waals surface area contributed by atoms with Gasteiger partial charge in [-0.05, 0) is 70.1 Å². The van der Waals surface area contributed by atoms with E-state index < -0.39 is 0 Å². The van der Waals surface area contributed by atoms with E-state index in [1.54, 1.807) is 12.4 Å². The highest BCUT2D eigenvalue weighted by Crippen LogP contribution is 2.44. The fourth-order valence-electron chi connectivity index (χ4n) is 5.68. The van der Waals surface area contributed by atoms with E-state index in [2.05, 4.69) is 20.2 Å². The van der Waals surface area contributed by atoms with Crippen LogP contribution in [0, 0.1) is 0 Å². The van der Waals surface area contributed by atoms with Gasteiger partial charge in [0.1, 0.15) is 23.6 Å². The Labute approximate surface area is 198 Å². The molecule has 3 N–H and O–H groups in total. The van der Waals surface area contributed by atoms with Crippen LogP contribution in [0.2, 0.25) is 5.02 Å². The zero-order chi connectivity index (χ0) is 22.7. The summed E-state index contributed by atoms with van der Waals surface area (Å²) in [6, 6.07) is 6.29. The second kappa shape index (κ2) is 7.65. The molecule has 0 radical (unpaired) electrons. The van der Waals surface area contributed by atoms with Crippen molar-refractivity contribution in [1.82, 2.24) is 14.9 Å². The van der Waals surface area contributed by atoms with E-state index in [1.165, 1.54) is 0 Å². The lowest BCUT2D eigenvalue weighted by atomic mass is 9.96. The Kier molecular flexibility index (Phi) is 4.83. The average Bonchev–Trinajstić information content (AvgIpc) is 3.23. The molecular formula is C24H29ClN6O2. The number of hydrogen-bond acceptors (Lipinski definition) is 7. The number of nitrogen functional groups attached to an aromatic ring is 1. The largest absolute Gasteiger partial charge is 0.443 e. The van der Waals surface area contributed by atoms with Crippen LogP contribution in [-0.2, 0) is 11.2 Å². The maximum absolute atomic E-state index is 12.9. The standard InChI is InChI=1S/C24H29ClN6O2/c1-24(7-8-24)33-23(32)31-15-3-4-16(31)12-17(11-15)30-9-6-18-21(27-13-28-22(18)30)29-20-5-2-14(26)10-19(20)25/h2,5,10,13,15-17H,3-4,6-9,11-12,26H2,1H3,(H,27,28,29)/t15-,16-/m0/s1. The Hall–Kier alpha value is -2.74. The van der Waals surface area contributed by atoms with Crippen molar-refractivity contribution in [1.29, 1.82) is 0 Å². The van der Waals surface area contributed by atoms with E-state index in [1.807, 2.05) is 24.0 Å². The molecule has 2 atom stereocenters. The van der Waals surface area contributed by atoms with Crippen molar-refractivity contribution in [2.24, 2.45) is 0 Å². The van der Waals surface area contributed by atoms with Crippen molar-refractivity contribution < 1.29 is 9.53 Å². The zero-order valence-electron chi connectivity index (χ0n) is 18.8. The van der Waals surface area contributed by atoms with Gasteiger partial charge >= 0.3 is 6.09 Å². The Morgan fingerprint density at radius 1 is 1.21 bits per heavy atom. The van der Waals surface area contributed by atoms with E-state index in [0.29, 0.717) is 16.8 Å². The van der Waals surface area contributed by atoms with Crippen LogP contribution in [0.15, 0.2) is 24.5 Å². The topological polar surface area (TPSA) is 96.6 Å². The Bertz CT molecular complexity index is 1090. The van der Waals surface area contributed by atoms with Crippen molar-refractivity contribution in [3.8, 4) is 0 Å². The van der Waals surface area contributed by atoms with Gasteiger partial charge in [-0.3, -0.25) is 0 Å². The molecule has 1 aliphatic carbocycles. The number of piperidine rings is 1.